The van der Waals surface area contributed by atoms with E-state index in [4.69, 9.17) is 4.74 Å². The average Bonchev–Trinajstić information content (AvgIpc) is 3.58. The molecule has 9 heteroatoms. The molecule has 1 saturated heterocycles. The molecule has 9 nitrogen and oxygen atoms in total. The summed E-state index contributed by atoms with van der Waals surface area (Å²) in [5.41, 5.74) is 1.29. The molecule has 0 spiro atoms. The van der Waals surface area contributed by atoms with Crippen molar-refractivity contribution < 1.29 is 24.2 Å². The Balaban J connectivity index is 1.58. The molecule has 0 aliphatic carbocycles. The molecule has 1 heterocycles. The van der Waals surface area contributed by atoms with Gasteiger partial charge in [0.05, 0.1) is 6.61 Å². The molecule has 0 aromatic heterocycles. The lowest BCUT2D eigenvalue weighted by atomic mass is 9.94. The summed E-state index contributed by atoms with van der Waals surface area (Å²) in [6.45, 7) is 5.13. The molecule has 1 aliphatic rings. The lowest BCUT2D eigenvalue weighted by Gasteiger charge is -2.35. The van der Waals surface area contributed by atoms with Crippen LogP contribution in [0.4, 0.5) is 0 Å². The van der Waals surface area contributed by atoms with Gasteiger partial charge in [0.15, 0.2) is 0 Å². The van der Waals surface area contributed by atoms with Crippen molar-refractivity contribution in [3.63, 3.8) is 0 Å². The van der Waals surface area contributed by atoms with Crippen LogP contribution < -0.4 is 10.6 Å². The van der Waals surface area contributed by atoms with Gasteiger partial charge in [-0.2, -0.15) is 0 Å². The molecule has 0 bridgehead atoms. The number of fused-ring (bicyclic) bond motifs is 1. The summed E-state index contributed by atoms with van der Waals surface area (Å²) in [5.74, 6) is -0.953. The fourth-order valence-corrected chi connectivity index (χ4v) is 5.57. The number of nitrogens with zero attached hydrogens (tertiary/aromatic N) is 2. The first-order valence-electron chi connectivity index (χ1n) is 15.8. The summed E-state index contributed by atoms with van der Waals surface area (Å²) < 4.78 is 5.77. The van der Waals surface area contributed by atoms with Crippen LogP contribution in [0.25, 0.3) is 10.8 Å². The predicted octanol–water partition coefficient (Wildman–Crippen LogP) is 3.18. The Morgan fingerprint density at radius 2 is 1.62 bits per heavy atom. The van der Waals surface area contributed by atoms with E-state index in [0.29, 0.717) is 13.0 Å². The van der Waals surface area contributed by atoms with E-state index in [9.17, 15) is 19.5 Å². The highest BCUT2D eigenvalue weighted by Crippen LogP contribution is 2.20. The van der Waals surface area contributed by atoms with Gasteiger partial charge in [-0.05, 0) is 41.3 Å². The quantitative estimate of drug-likeness (QED) is 0.242. The molecule has 3 atom stereocenters. The van der Waals surface area contributed by atoms with Gasteiger partial charge in [-0.3, -0.25) is 14.4 Å². The van der Waals surface area contributed by atoms with E-state index in [-0.39, 0.29) is 49.9 Å². The molecule has 4 rings (SSSR count). The second-order valence-electron chi connectivity index (χ2n) is 12.9. The van der Waals surface area contributed by atoms with Gasteiger partial charge in [0.1, 0.15) is 18.7 Å². The highest BCUT2D eigenvalue weighted by atomic mass is 16.5. The number of carbonyl (C=O) groups is 3. The fraction of sp³-hybridized carbons (Fsp3) is 0.472. The van der Waals surface area contributed by atoms with Crippen molar-refractivity contribution in [2.24, 2.45) is 5.41 Å². The third-order valence-electron chi connectivity index (χ3n) is 8.65. The summed E-state index contributed by atoms with van der Waals surface area (Å²) in [6, 6.07) is 22.1. The smallest absolute Gasteiger partial charge is 0.249 e. The molecule has 1 fully saturated rings. The highest BCUT2D eigenvalue weighted by Gasteiger charge is 2.35. The van der Waals surface area contributed by atoms with Gasteiger partial charge in [-0.1, -0.05) is 86.6 Å². The zero-order valence-electron chi connectivity index (χ0n) is 27.0. The Morgan fingerprint density at radius 3 is 2.31 bits per heavy atom. The van der Waals surface area contributed by atoms with Crippen LogP contribution in [0.15, 0.2) is 72.8 Å². The number of aliphatic hydroxyl groups excluding tert-OH is 1. The largest absolute Gasteiger partial charge is 0.396 e. The Bertz CT molecular complexity index is 1420. The van der Waals surface area contributed by atoms with Crippen LogP contribution >= 0.6 is 0 Å². The molecule has 45 heavy (non-hydrogen) atoms. The van der Waals surface area contributed by atoms with Gasteiger partial charge < -0.3 is 30.3 Å². The molecule has 1 aliphatic heterocycles. The minimum atomic E-state index is -0.864. The second kappa shape index (κ2) is 16.0. The first-order valence-corrected chi connectivity index (χ1v) is 15.8. The number of hydrogen-bond acceptors (Lipinski definition) is 6. The van der Waals surface area contributed by atoms with Crippen molar-refractivity contribution in [3.8, 4) is 0 Å². The van der Waals surface area contributed by atoms with Crippen molar-refractivity contribution in [1.82, 2.24) is 20.4 Å². The summed E-state index contributed by atoms with van der Waals surface area (Å²) in [4.78, 5) is 44.4. The third-order valence-corrected chi connectivity index (χ3v) is 8.65. The minimum absolute atomic E-state index is 0.0922. The number of aliphatic hydroxyl groups is 1. The van der Waals surface area contributed by atoms with Gasteiger partial charge >= 0.3 is 0 Å². The van der Waals surface area contributed by atoms with Crippen LogP contribution in [0.5, 0.6) is 0 Å². The second-order valence-corrected chi connectivity index (χ2v) is 12.9. The van der Waals surface area contributed by atoms with E-state index in [1.807, 2.05) is 86.6 Å². The molecular weight excluding hydrogens is 568 g/mol. The SMILES string of the molecule is CN(C(=O)COCC1CCCN1)C(Cc1ccc2ccccc2c1)C(=O)N(C)C(Cc1ccccc1)C(=O)NCC(C)(C)CO. The number of nitrogens with one attached hydrogen (secondary N) is 2. The number of benzene rings is 3. The van der Waals surface area contributed by atoms with Crippen molar-refractivity contribution >= 4 is 28.5 Å². The van der Waals surface area contributed by atoms with Crippen molar-refractivity contribution in [1.29, 1.82) is 0 Å². The van der Waals surface area contributed by atoms with Gasteiger partial charge in [-0.25, -0.2) is 0 Å². The molecule has 3 aromatic carbocycles. The Morgan fingerprint density at radius 1 is 0.933 bits per heavy atom. The van der Waals surface area contributed by atoms with Crippen LogP contribution in [-0.4, -0.2) is 97.8 Å². The molecule has 3 N–H and O–H groups in total. The molecule has 0 radical (unpaired) electrons. The van der Waals surface area contributed by atoms with Crippen LogP contribution in [-0.2, 0) is 32.0 Å². The van der Waals surface area contributed by atoms with E-state index in [1.54, 1.807) is 14.1 Å². The minimum Gasteiger partial charge on any atom is -0.396 e. The number of carbonyl (C=O) groups excluding carboxylic acids is 3. The molecular formula is C36H48N4O5. The maximum absolute atomic E-state index is 14.4. The Labute approximate surface area is 266 Å². The zero-order valence-corrected chi connectivity index (χ0v) is 27.0. The molecule has 3 amide bonds. The summed E-state index contributed by atoms with van der Waals surface area (Å²) in [5, 5.41) is 18.2. The van der Waals surface area contributed by atoms with Gasteiger partial charge in [0, 0.05) is 51.5 Å². The van der Waals surface area contributed by atoms with E-state index in [0.717, 1.165) is 41.3 Å². The van der Waals surface area contributed by atoms with E-state index >= 15 is 0 Å². The summed E-state index contributed by atoms with van der Waals surface area (Å²) in [6.07, 6.45) is 2.67. The van der Waals surface area contributed by atoms with E-state index < -0.39 is 17.5 Å². The van der Waals surface area contributed by atoms with Crippen molar-refractivity contribution in [3.05, 3.63) is 83.9 Å². The maximum Gasteiger partial charge on any atom is 0.249 e. The fourth-order valence-electron chi connectivity index (χ4n) is 5.57. The zero-order chi connectivity index (χ0) is 32.4. The number of amides is 3. The highest BCUT2D eigenvalue weighted by molar-refractivity contribution is 5.92. The summed E-state index contributed by atoms with van der Waals surface area (Å²) >= 11 is 0. The van der Waals surface area contributed by atoms with Crippen LogP contribution in [0.2, 0.25) is 0 Å². The topological polar surface area (TPSA) is 111 Å². The first kappa shape index (κ1) is 34.1. The number of rotatable bonds is 15. The van der Waals surface area contributed by atoms with E-state index in [1.165, 1.54) is 9.80 Å². The van der Waals surface area contributed by atoms with E-state index in [2.05, 4.69) is 10.6 Å². The molecule has 3 aromatic rings. The first-order chi connectivity index (χ1) is 21.6. The maximum atomic E-state index is 14.4. The Kier molecular flexibility index (Phi) is 12.1. The van der Waals surface area contributed by atoms with Gasteiger partial charge in [0.25, 0.3) is 0 Å². The van der Waals surface area contributed by atoms with Gasteiger partial charge in [0.2, 0.25) is 17.7 Å². The monoisotopic (exact) mass is 616 g/mol. The summed E-state index contributed by atoms with van der Waals surface area (Å²) in [7, 11) is 3.26. The van der Waals surface area contributed by atoms with Gasteiger partial charge in [-0.15, -0.1) is 0 Å². The number of ether oxygens (including phenoxy) is 1. The average molecular weight is 617 g/mol. The lowest BCUT2D eigenvalue weighted by molar-refractivity contribution is -0.149. The number of likely N-dealkylation sites (N-methyl/N-ethyl adjacent to an activating group) is 2. The predicted molar refractivity (Wildman–Crippen MR) is 177 cm³/mol. The normalized spacial score (nSPS) is 16.2. The number of hydrogen-bond donors (Lipinski definition) is 3. The molecule has 242 valence electrons. The standard InChI is InChI=1S/C36H48N4O5/c1-36(2,25-41)24-38-34(43)31(20-26-11-6-5-7-12-26)40(4)35(44)32(21-27-16-17-28-13-8-9-14-29(28)19-27)39(3)33(42)23-45-22-30-15-10-18-37-30/h5-9,11-14,16-17,19,30-32,37,41H,10,15,18,20-25H2,1-4H3,(H,38,43). The lowest BCUT2D eigenvalue weighted by Crippen LogP contribution is -2.57. The van der Waals surface area contributed by atoms with Crippen LogP contribution in [0.3, 0.4) is 0 Å². The van der Waals surface area contributed by atoms with Crippen LogP contribution in [0.1, 0.15) is 37.8 Å². The van der Waals surface area contributed by atoms with Crippen LogP contribution in [0, 0.1) is 5.41 Å². The molecule has 0 saturated carbocycles. The molecule has 3 unspecified atom stereocenters. The van der Waals surface area contributed by atoms with Crippen molar-refractivity contribution in [2.75, 3.05) is 47.0 Å². The third kappa shape index (κ3) is 9.60. The van der Waals surface area contributed by atoms with Crippen molar-refractivity contribution in [2.45, 2.75) is 57.7 Å². The Hall–Kier alpha value is -3.79.